The van der Waals surface area contributed by atoms with Crippen molar-refractivity contribution in [2.24, 2.45) is 14.1 Å². The summed E-state index contributed by atoms with van der Waals surface area (Å²) < 4.78 is 9.25. The van der Waals surface area contributed by atoms with Gasteiger partial charge < -0.3 is 0 Å². The summed E-state index contributed by atoms with van der Waals surface area (Å²) in [5.74, 6) is 0. The monoisotopic (exact) mass is 564 g/mol. The zero-order valence-electron chi connectivity index (χ0n) is 26.6. The zero-order chi connectivity index (χ0) is 29.3. The van der Waals surface area contributed by atoms with Crippen molar-refractivity contribution in [2.45, 2.75) is 104 Å². The van der Waals surface area contributed by atoms with Gasteiger partial charge in [-0.05, 0) is 61.1 Å². The number of fused-ring (bicyclic) bond motifs is 2. The molecular weight excluding hydrogens is 512 g/mol. The van der Waals surface area contributed by atoms with Gasteiger partial charge in [-0.25, -0.2) is 9.13 Å². The number of nitrogens with zero attached hydrogens (tertiary/aromatic N) is 4. The number of imidazole rings is 2. The van der Waals surface area contributed by atoms with Crippen LogP contribution in [0.1, 0.15) is 102 Å². The molecule has 0 aliphatic rings. The van der Waals surface area contributed by atoms with Gasteiger partial charge in [-0.1, -0.05) is 102 Å². The Bertz CT molecular complexity index is 1470. The van der Waals surface area contributed by atoms with Crippen LogP contribution in [0.4, 0.5) is 0 Å². The van der Waals surface area contributed by atoms with Crippen LogP contribution < -0.4 is 9.13 Å². The van der Waals surface area contributed by atoms with E-state index in [-0.39, 0.29) is 0 Å². The van der Waals surface area contributed by atoms with E-state index < -0.39 is 0 Å². The molecule has 5 aromatic rings. The van der Waals surface area contributed by atoms with Crippen LogP contribution in [0.15, 0.2) is 73.3 Å². The largest absolute Gasteiger partial charge is 0.249 e. The molecule has 0 unspecified atom stereocenters. The Morgan fingerprint density at radius 2 is 0.929 bits per heavy atom. The zero-order valence-corrected chi connectivity index (χ0v) is 26.6. The smallest absolute Gasteiger partial charge is 0.232 e. The first kappa shape index (κ1) is 30.1. The molecule has 222 valence electrons. The third-order valence-corrected chi connectivity index (χ3v) is 8.94. The highest BCUT2D eigenvalue weighted by atomic mass is 15.1. The van der Waals surface area contributed by atoms with Crippen LogP contribution in [0.5, 0.6) is 0 Å². The molecular formula is C38H52N4+2. The summed E-state index contributed by atoms with van der Waals surface area (Å²) in [4.78, 5) is 0. The first-order chi connectivity index (χ1) is 20.6. The Kier molecular flexibility index (Phi) is 10.5. The fraction of sp³-hybridized carbons (Fsp3) is 0.474. The van der Waals surface area contributed by atoms with Gasteiger partial charge in [0.2, 0.25) is 12.7 Å². The molecule has 0 bridgehead atoms. The summed E-state index contributed by atoms with van der Waals surface area (Å²) in [6.07, 6.45) is 22.8. The predicted octanol–water partition coefficient (Wildman–Crippen LogP) is 9.03. The van der Waals surface area contributed by atoms with Gasteiger partial charge in [0.05, 0.1) is 14.1 Å². The molecule has 0 radical (unpaired) electrons. The van der Waals surface area contributed by atoms with Gasteiger partial charge in [0.1, 0.15) is 11.4 Å². The van der Waals surface area contributed by atoms with Gasteiger partial charge in [-0.15, -0.1) is 0 Å². The van der Waals surface area contributed by atoms with Crippen LogP contribution in [0.2, 0.25) is 0 Å². The second-order valence-corrected chi connectivity index (χ2v) is 12.4. The number of rotatable bonds is 16. The van der Waals surface area contributed by atoms with Crippen molar-refractivity contribution in [3.63, 3.8) is 0 Å². The molecule has 0 fully saturated rings. The number of aryl methyl sites for hydroxylation is 4. The Labute approximate surface area is 253 Å². The molecule has 0 atom stereocenters. The normalized spacial score (nSPS) is 11.7. The van der Waals surface area contributed by atoms with Crippen LogP contribution in [0.3, 0.4) is 0 Å². The maximum Gasteiger partial charge on any atom is 0.249 e. The number of unbranched alkanes of at least 4 members (excludes halogenated alkanes) is 10. The number of hydrogen-bond donors (Lipinski definition) is 0. The summed E-state index contributed by atoms with van der Waals surface area (Å²) in [6.45, 7) is 4.57. The molecule has 5 rings (SSSR count). The molecule has 0 aliphatic heterocycles. The Hall–Kier alpha value is -3.40. The van der Waals surface area contributed by atoms with E-state index in [1.54, 1.807) is 0 Å². The predicted molar refractivity (Wildman–Crippen MR) is 177 cm³/mol. The summed E-state index contributed by atoms with van der Waals surface area (Å²) in [7, 11) is 4.32. The van der Waals surface area contributed by atoms with Crippen LogP contribution in [-0.4, -0.2) is 9.13 Å². The lowest BCUT2D eigenvalue weighted by molar-refractivity contribution is -0.649. The maximum absolute atomic E-state index is 2.39. The molecule has 0 aliphatic carbocycles. The maximum atomic E-state index is 2.39. The molecule has 4 nitrogen and oxygen atoms in total. The Balaban J connectivity index is 1.40. The standard InChI is InChI=1S/C38H52N4/c1-5-7-9-11-13-15-19-31-21-17-23-33(25-31)41-29-39(3)35-27-36-38(28-37(35)41)42(30-40(36)4)34-24-18-22-32(26-34)20-16-14-12-10-8-6-2/h17-18,21-30H,5-16,19-20H2,1-4H3/q+2. The molecule has 0 N–H and O–H groups in total. The van der Waals surface area contributed by atoms with E-state index in [0.29, 0.717) is 0 Å². The van der Waals surface area contributed by atoms with Gasteiger partial charge in [0, 0.05) is 12.1 Å². The van der Waals surface area contributed by atoms with Crippen LogP contribution >= 0.6 is 0 Å². The van der Waals surface area contributed by atoms with Crippen molar-refractivity contribution in [1.29, 1.82) is 0 Å². The molecule has 42 heavy (non-hydrogen) atoms. The third-order valence-electron chi connectivity index (χ3n) is 8.94. The summed E-state index contributed by atoms with van der Waals surface area (Å²) in [6, 6.07) is 23.0. The second kappa shape index (κ2) is 14.7. The van der Waals surface area contributed by atoms with Gasteiger partial charge >= 0.3 is 0 Å². The highest BCUT2D eigenvalue weighted by molar-refractivity contribution is 5.90. The first-order valence-electron chi connectivity index (χ1n) is 16.7. The van der Waals surface area contributed by atoms with Crippen LogP contribution in [0, 0.1) is 0 Å². The molecule has 0 spiro atoms. The van der Waals surface area contributed by atoms with Crippen molar-refractivity contribution in [2.75, 3.05) is 0 Å². The van der Waals surface area contributed by atoms with E-state index in [9.17, 15) is 0 Å². The van der Waals surface area contributed by atoms with Gasteiger partial charge in [0.25, 0.3) is 0 Å². The fourth-order valence-corrected chi connectivity index (χ4v) is 6.45. The minimum absolute atomic E-state index is 1.16. The van der Waals surface area contributed by atoms with Crippen molar-refractivity contribution in [3.05, 3.63) is 84.4 Å². The van der Waals surface area contributed by atoms with E-state index in [1.807, 2.05) is 0 Å². The topological polar surface area (TPSA) is 17.6 Å². The molecule has 2 heterocycles. The fourth-order valence-electron chi connectivity index (χ4n) is 6.45. The number of hydrogen-bond acceptors (Lipinski definition) is 0. The van der Waals surface area contributed by atoms with E-state index in [2.05, 4.69) is 120 Å². The van der Waals surface area contributed by atoms with Crippen LogP contribution in [0.25, 0.3) is 33.4 Å². The summed E-state index contributed by atoms with van der Waals surface area (Å²) in [5.41, 5.74) is 10.3. The van der Waals surface area contributed by atoms with Gasteiger partial charge in [-0.3, -0.25) is 0 Å². The molecule has 4 heteroatoms. The highest BCUT2D eigenvalue weighted by Gasteiger charge is 2.23. The van der Waals surface area contributed by atoms with Crippen molar-refractivity contribution < 1.29 is 9.13 Å². The van der Waals surface area contributed by atoms with E-state index in [0.717, 1.165) is 12.8 Å². The highest BCUT2D eigenvalue weighted by Crippen LogP contribution is 2.26. The van der Waals surface area contributed by atoms with Gasteiger partial charge in [-0.2, -0.15) is 9.13 Å². The van der Waals surface area contributed by atoms with Crippen molar-refractivity contribution >= 4 is 22.1 Å². The quantitative estimate of drug-likeness (QED) is 0.0840. The minimum atomic E-state index is 1.16. The Morgan fingerprint density at radius 1 is 0.500 bits per heavy atom. The van der Waals surface area contributed by atoms with E-state index in [1.165, 1.54) is 122 Å². The van der Waals surface area contributed by atoms with E-state index in [4.69, 9.17) is 0 Å². The second-order valence-electron chi connectivity index (χ2n) is 12.4. The van der Waals surface area contributed by atoms with Crippen molar-refractivity contribution in [1.82, 2.24) is 9.13 Å². The molecule has 0 saturated heterocycles. The molecule has 2 aromatic heterocycles. The molecule has 0 saturated carbocycles. The van der Waals surface area contributed by atoms with E-state index >= 15 is 0 Å². The third kappa shape index (κ3) is 7.14. The lowest BCUT2D eigenvalue weighted by Crippen LogP contribution is -2.27. The van der Waals surface area contributed by atoms with Crippen LogP contribution in [-0.2, 0) is 26.9 Å². The lowest BCUT2D eigenvalue weighted by Gasteiger charge is -2.05. The van der Waals surface area contributed by atoms with Gasteiger partial charge in [0.15, 0.2) is 22.1 Å². The summed E-state index contributed by atoms with van der Waals surface area (Å²) in [5, 5.41) is 0. The number of aromatic nitrogens is 4. The molecule has 0 amide bonds. The minimum Gasteiger partial charge on any atom is -0.232 e. The van der Waals surface area contributed by atoms with Crippen molar-refractivity contribution in [3.8, 4) is 11.4 Å². The lowest BCUT2D eigenvalue weighted by atomic mass is 10.0. The Morgan fingerprint density at radius 3 is 1.38 bits per heavy atom. The SMILES string of the molecule is CCCCCCCCc1cccc(-n2c[n+](C)c3cc4c(cc32)n(-c2cccc(CCCCCCCC)c2)c[n+]4C)c1. The molecule has 3 aromatic carbocycles. The average Bonchev–Trinajstić information content (AvgIpc) is 3.51. The average molecular weight is 565 g/mol. The number of benzene rings is 3. The summed E-state index contributed by atoms with van der Waals surface area (Å²) >= 11 is 0. The first-order valence-corrected chi connectivity index (χ1v) is 16.7.